The van der Waals surface area contributed by atoms with Gasteiger partial charge in [0.05, 0.1) is 12.2 Å². The van der Waals surface area contributed by atoms with Gasteiger partial charge in [-0.1, -0.05) is 0 Å². The molecule has 1 amide bonds. The molecule has 3 N–H and O–H groups in total. The van der Waals surface area contributed by atoms with Crippen LogP contribution < -0.4 is 10.2 Å². The fourth-order valence-electron chi connectivity index (χ4n) is 3.80. The number of fused-ring (bicyclic) bond motifs is 1. The predicted molar refractivity (Wildman–Crippen MR) is 110 cm³/mol. The highest BCUT2D eigenvalue weighted by Crippen LogP contribution is 2.36. The molecule has 9 nitrogen and oxygen atoms in total. The van der Waals surface area contributed by atoms with Crippen molar-refractivity contribution in [2.45, 2.75) is 37.8 Å². The summed E-state index contributed by atoms with van der Waals surface area (Å²) in [5, 5.41) is 21.1. The van der Waals surface area contributed by atoms with Gasteiger partial charge in [0.15, 0.2) is 5.65 Å². The lowest BCUT2D eigenvalue weighted by Gasteiger charge is -2.26. The van der Waals surface area contributed by atoms with E-state index in [-0.39, 0.29) is 18.0 Å². The van der Waals surface area contributed by atoms with E-state index in [1.165, 1.54) is 12.3 Å². The number of nitrogens with zero attached hydrogens (tertiary/aromatic N) is 4. The average Bonchev–Trinajstić information content (AvgIpc) is 3.26. The summed E-state index contributed by atoms with van der Waals surface area (Å²) < 4.78 is 29.6. The minimum Gasteiger partial charge on any atom is -0.450 e. The molecule has 1 atom stereocenters. The summed E-state index contributed by atoms with van der Waals surface area (Å²) in [5.41, 5.74) is 1.21. The number of aromatic nitrogens is 3. The van der Waals surface area contributed by atoms with Gasteiger partial charge in [-0.2, -0.15) is 5.10 Å². The van der Waals surface area contributed by atoms with Crippen molar-refractivity contribution in [1.82, 2.24) is 19.9 Å². The molecule has 168 valence electrons. The van der Waals surface area contributed by atoms with E-state index in [2.05, 4.69) is 15.4 Å². The normalized spacial score (nSPS) is 17.7. The third-order valence-corrected chi connectivity index (χ3v) is 5.38. The first-order valence-electron chi connectivity index (χ1n) is 10.1. The third kappa shape index (κ3) is 4.61. The quantitative estimate of drug-likeness (QED) is 0.562. The van der Waals surface area contributed by atoms with E-state index in [0.717, 1.165) is 31.4 Å². The Labute approximate surface area is 181 Å². The standard InChI is InChI=1S/C20H19F2N5O.CH2O3/c21-12-3-6-16(22)14(10-12)17-2-1-8-26(17)18-7-9-27-19(25-18)15(11-23-27)20(28)24-13-4-5-13;2-1(3)4/h3,6-7,9-11,13,17H,1-2,4-5,8H2,(H,24,28);(H2,2,3,4)/t17-;/m1./s1. The number of hydrogen-bond donors (Lipinski definition) is 3. The average molecular weight is 445 g/mol. The van der Waals surface area contributed by atoms with Crippen LogP contribution >= 0.6 is 0 Å². The van der Waals surface area contributed by atoms with Crippen LogP contribution in [0, 0.1) is 11.6 Å². The van der Waals surface area contributed by atoms with Crippen LogP contribution in [-0.2, 0) is 0 Å². The molecule has 5 rings (SSSR count). The Morgan fingerprint density at radius 2 is 1.88 bits per heavy atom. The summed E-state index contributed by atoms with van der Waals surface area (Å²) in [6, 6.07) is 5.28. The first kappa shape index (κ1) is 21.5. The summed E-state index contributed by atoms with van der Waals surface area (Å²) in [4.78, 5) is 27.6. The molecule has 0 unspecified atom stereocenters. The Balaban J connectivity index is 0.000000567. The predicted octanol–water partition coefficient (Wildman–Crippen LogP) is 3.46. The zero-order valence-electron chi connectivity index (χ0n) is 16.9. The van der Waals surface area contributed by atoms with Gasteiger partial charge in [-0.25, -0.2) is 23.1 Å². The topological polar surface area (TPSA) is 120 Å². The van der Waals surface area contributed by atoms with Crippen LogP contribution in [0.15, 0.2) is 36.7 Å². The minimum absolute atomic E-state index is 0.184. The van der Waals surface area contributed by atoms with E-state index in [4.69, 9.17) is 15.0 Å². The maximum atomic E-state index is 14.3. The summed E-state index contributed by atoms with van der Waals surface area (Å²) in [5.74, 6) is -0.439. The van der Waals surface area contributed by atoms with Crippen LogP contribution in [0.1, 0.15) is 47.6 Å². The zero-order valence-corrected chi connectivity index (χ0v) is 16.9. The molecule has 1 aliphatic heterocycles. The zero-order chi connectivity index (χ0) is 22.8. The first-order valence-corrected chi connectivity index (χ1v) is 10.1. The number of carbonyl (C=O) groups excluding carboxylic acids is 1. The monoisotopic (exact) mass is 445 g/mol. The number of nitrogens with one attached hydrogen (secondary N) is 1. The Hall–Kier alpha value is -3.76. The molecule has 1 aromatic carbocycles. The van der Waals surface area contributed by atoms with Crippen molar-refractivity contribution in [3.8, 4) is 0 Å². The van der Waals surface area contributed by atoms with Gasteiger partial charge in [-0.3, -0.25) is 4.79 Å². The van der Waals surface area contributed by atoms with Crippen LogP contribution in [0.3, 0.4) is 0 Å². The maximum absolute atomic E-state index is 14.3. The van der Waals surface area contributed by atoms with E-state index >= 15 is 0 Å². The van der Waals surface area contributed by atoms with Crippen molar-refractivity contribution >= 4 is 23.5 Å². The largest absolute Gasteiger partial charge is 0.503 e. The van der Waals surface area contributed by atoms with Crippen molar-refractivity contribution in [1.29, 1.82) is 0 Å². The molecule has 2 aliphatic rings. The summed E-state index contributed by atoms with van der Waals surface area (Å²) >= 11 is 0. The van der Waals surface area contributed by atoms with Crippen LogP contribution in [-0.4, -0.2) is 49.5 Å². The van der Waals surface area contributed by atoms with E-state index in [0.29, 0.717) is 35.6 Å². The van der Waals surface area contributed by atoms with Gasteiger partial charge < -0.3 is 20.4 Å². The van der Waals surface area contributed by atoms with Crippen LogP contribution in [0.2, 0.25) is 0 Å². The summed E-state index contributed by atoms with van der Waals surface area (Å²) in [6.07, 6.45) is 4.97. The fourth-order valence-corrected chi connectivity index (χ4v) is 3.80. The Bertz CT molecular complexity index is 1160. The molecule has 3 aromatic rings. The van der Waals surface area contributed by atoms with Gasteiger partial charge in [0.2, 0.25) is 0 Å². The molecule has 0 spiro atoms. The molecule has 2 fully saturated rings. The highest BCUT2D eigenvalue weighted by Gasteiger charge is 2.30. The van der Waals surface area contributed by atoms with Gasteiger partial charge in [-0.05, 0) is 49.9 Å². The molecule has 0 bridgehead atoms. The van der Waals surface area contributed by atoms with Crippen LogP contribution in [0.5, 0.6) is 0 Å². The molecular weight excluding hydrogens is 424 g/mol. The van der Waals surface area contributed by atoms with Gasteiger partial charge in [0.25, 0.3) is 5.91 Å². The number of benzene rings is 1. The van der Waals surface area contributed by atoms with E-state index in [9.17, 15) is 13.6 Å². The first-order chi connectivity index (χ1) is 15.3. The highest BCUT2D eigenvalue weighted by molar-refractivity contribution is 6.00. The van der Waals surface area contributed by atoms with Crippen molar-refractivity contribution in [3.05, 3.63) is 59.4 Å². The number of rotatable bonds is 4. The number of carbonyl (C=O) groups is 2. The number of anilines is 1. The lowest BCUT2D eigenvalue weighted by atomic mass is 10.0. The minimum atomic E-state index is -1.83. The molecular formula is C21H21F2N5O4. The molecule has 1 aliphatic carbocycles. The molecule has 1 saturated carbocycles. The van der Waals surface area contributed by atoms with Crippen LogP contribution in [0.25, 0.3) is 5.65 Å². The SMILES string of the molecule is O=C(NC1CC1)c1cnn2ccc(N3CCC[C@@H]3c3cc(F)ccc3F)nc12.O=C(O)O. The van der Waals surface area contributed by atoms with E-state index < -0.39 is 17.8 Å². The number of carboxylic acid groups (broad SMARTS) is 2. The molecule has 1 saturated heterocycles. The Morgan fingerprint density at radius 1 is 1.12 bits per heavy atom. The third-order valence-electron chi connectivity index (χ3n) is 5.38. The smallest absolute Gasteiger partial charge is 0.450 e. The van der Waals surface area contributed by atoms with Gasteiger partial charge in [0, 0.05) is 24.3 Å². The van der Waals surface area contributed by atoms with Crippen molar-refractivity contribution in [2.75, 3.05) is 11.4 Å². The number of amides is 1. The summed E-state index contributed by atoms with van der Waals surface area (Å²) in [7, 11) is 0. The fraction of sp³-hybridized carbons (Fsp3) is 0.333. The highest BCUT2D eigenvalue weighted by atomic mass is 19.1. The Morgan fingerprint density at radius 3 is 2.59 bits per heavy atom. The molecule has 11 heteroatoms. The molecule has 3 heterocycles. The Kier molecular flexibility index (Phi) is 5.89. The second-order valence-corrected chi connectivity index (χ2v) is 7.66. The molecule has 32 heavy (non-hydrogen) atoms. The van der Waals surface area contributed by atoms with Crippen molar-refractivity contribution < 1.29 is 28.6 Å². The number of halogens is 2. The lowest BCUT2D eigenvalue weighted by Crippen LogP contribution is -2.26. The maximum Gasteiger partial charge on any atom is 0.503 e. The second kappa shape index (κ2) is 8.77. The molecule has 0 radical (unpaired) electrons. The van der Waals surface area contributed by atoms with Crippen LogP contribution in [0.4, 0.5) is 19.4 Å². The van der Waals surface area contributed by atoms with Gasteiger partial charge in [0.1, 0.15) is 23.0 Å². The lowest BCUT2D eigenvalue weighted by molar-refractivity contribution is 0.0952. The van der Waals surface area contributed by atoms with E-state index in [1.54, 1.807) is 16.8 Å². The van der Waals surface area contributed by atoms with Crippen molar-refractivity contribution in [3.63, 3.8) is 0 Å². The number of hydrogen-bond acceptors (Lipinski definition) is 5. The van der Waals surface area contributed by atoms with Gasteiger partial charge >= 0.3 is 6.16 Å². The summed E-state index contributed by atoms with van der Waals surface area (Å²) in [6.45, 7) is 0.682. The van der Waals surface area contributed by atoms with E-state index in [1.807, 2.05) is 4.90 Å². The molecule has 2 aromatic heterocycles. The van der Waals surface area contributed by atoms with Gasteiger partial charge in [-0.15, -0.1) is 0 Å². The van der Waals surface area contributed by atoms with Crippen molar-refractivity contribution in [2.24, 2.45) is 0 Å². The second-order valence-electron chi connectivity index (χ2n) is 7.66.